The summed E-state index contributed by atoms with van der Waals surface area (Å²) in [4.78, 5) is 2.45. The molecule has 3 nitrogen and oxygen atoms in total. The third-order valence-corrected chi connectivity index (χ3v) is 5.59. The molecule has 0 bridgehead atoms. The van der Waals surface area contributed by atoms with Gasteiger partial charge in [0, 0.05) is 18.5 Å². The molecule has 1 fully saturated rings. The molecule has 0 saturated carbocycles. The van der Waals surface area contributed by atoms with Crippen LogP contribution in [0.2, 0.25) is 0 Å². The van der Waals surface area contributed by atoms with Gasteiger partial charge in [-0.25, -0.2) is 0 Å². The average Bonchev–Trinajstić information content (AvgIpc) is 3.21. The van der Waals surface area contributed by atoms with E-state index < -0.39 is 5.79 Å². The first-order valence-electron chi connectivity index (χ1n) is 10.2. The predicted octanol–water partition coefficient (Wildman–Crippen LogP) is 5.05. The molecule has 0 aliphatic carbocycles. The first-order valence-corrected chi connectivity index (χ1v) is 10.2. The maximum Gasteiger partial charge on any atom is 0.195 e. The molecule has 2 aromatic carbocycles. The van der Waals surface area contributed by atoms with E-state index in [9.17, 15) is 0 Å². The first kappa shape index (κ1) is 19.0. The van der Waals surface area contributed by atoms with E-state index >= 15 is 0 Å². The Kier molecular flexibility index (Phi) is 5.94. The Hall–Kier alpha value is -2.36. The fourth-order valence-electron chi connectivity index (χ4n) is 4.15. The second-order valence-corrected chi connectivity index (χ2v) is 7.64. The second kappa shape index (κ2) is 8.76. The van der Waals surface area contributed by atoms with Crippen LogP contribution in [0.1, 0.15) is 30.9 Å². The van der Waals surface area contributed by atoms with Crippen molar-refractivity contribution in [1.29, 1.82) is 0 Å². The molecular weight excluding hydrogens is 346 g/mol. The van der Waals surface area contributed by atoms with Gasteiger partial charge < -0.3 is 14.4 Å². The zero-order chi connectivity index (χ0) is 19.2. The van der Waals surface area contributed by atoms with E-state index in [0.29, 0.717) is 19.3 Å². The standard InChI is InChI=1S/C25H29NO2/c1-21-13-16-26(24(19-21)20-22-9-4-2-5-10-22)15-8-14-25(27-17-18-28-25)23-11-6-3-7-12-23/h2-7,9-13,16,19,24H,8,14-15,17-18,20H2,1H3. The number of hydrogen-bond donors (Lipinski definition) is 0. The van der Waals surface area contributed by atoms with E-state index in [1.54, 1.807) is 0 Å². The topological polar surface area (TPSA) is 21.7 Å². The van der Waals surface area contributed by atoms with Crippen molar-refractivity contribution in [3.63, 3.8) is 0 Å². The Morgan fingerprint density at radius 2 is 1.64 bits per heavy atom. The van der Waals surface area contributed by atoms with E-state index in [4.69, 9.17) is 9.47 Å². The SMILES string of the molecule is CC1=CC(Cc2ccccc2)N(CCCC2(c3ccccc3)OCCO2)C=C1. The van der Waals surface area contributed by atoms with E-state index in [0.717, 1.165) is 31.4 Å². The van der Waals surface area contributed by atoms with Crippen LogP contribution in [-0.2, 0) is 21.7 Å². The van der Waals surface area contributed by atoms with Gasteiger partial charge >= 0.3 is 0 Å². The van der Waals surface area contributed by atoms with Gasteiger partial charge in [-0.05, 0) is 37.6 Å². The van der Waals surface area contributed by atoms with Crippen LogP contribution in [0.25, 0.3) is 0 Å². The highest BCUT2D eigenvalue weighted by molar-refractivity contribution is 5.26. The molecule has 0 radical (unpaired) electrons. The number of benzene rings is 2. The number of rotatable bonds is 7. The van der Waals surface area contributed by atoms with Crippen molar-refractivity contribution in [2.24, 2.45) is 0 Å². The molecule has 2 aliphatic rings. The fourth-order valence-corrected chi connectivity index (χ4v) is 4.15. The molecule has 146 valence electrons. The third kappa shape index (κ3) is 4.37. The lowest BCUT2D eigenvalue weighted by atomic mass is 9.98. The van der Waals surface area contributed by atoms with Gasteiger partial charge in [-0.3, -0.25) is 0 Å². The van der Waals surface area contributed by atoms with E-state index in [-0.39, 0.29) is 0 Å². The highest BCUT2D eigenvalue weighted by Crippen LogP contribution is 2.36. The van der Waals surface area contributed by atoms with Crippen molar-refractivity contribution >= 4 is 0 Å². The Bertz CT molecular complexity index is 807. The molecule has 1 saturated heterocycles. The Balaban J connectivity index is 1.40. The molecule has 2 heterocycles. The van der Waals surface area contributed by atoms with Crippen LogP contribution in [0.15, 0.2) is 84.6 Å². The van der Waals surface area contributed by atoms with E-state index in [1.165, 1.54) is 11.1 Å². The van der Waals surface area contributed by atoms with Crippen LogP contribution in [0, 0.1) is 0 Å². The van der Waals surface area contributed by atoms with Crippen LogP contribution < -0.4 is 0 Å². The minimum absolute atomic E-state index is 0.394. The van der Waals surface area contributed by atoms with Gasteiger partial charge in [0.15, 0.2) is 5.79 Å². The number of ether oxygens (including phenoxy) is 2. The highest BCUT2D eigenvalue weighted by atomic mass is 16.7. The summed E-state index contributed by atoms with van der Waals surface area (Å²) in [5.41, 5.74) is 3.83. The molecule has 0 aromatic heterocycles. The van der Waals surface area contributed by atoms with Gasteiger partial charge in [0.25, 0.3) is 0 Å². The maximum absolute atomic E-state index is 6.08. The molecule has 2 aliphatic heterocycles. The smallest absolute Gasteiger partial charge is 0.195 e. The van der Waals surface area contributed by atoms with Crippen molar-refractivity contribution in [3.05, 3.63) is 95.7 Å². The minimum Gasteiger partial charge on any atom is -0.371 e. The van der Waals surface area contributed by atoms with Crippen LogP contribution >= 0.6 is 0 Å². The highest BCUT2D eigenvalue weighted by Gasteiger charge is 2.38. The number of nitrogens with zero attached hydrogens (tertiary/aromatic N) is 1. The van der Waals surface area contributed by atoms with Gasteiger partial charge in [-0.2, -0.15) is 0 Å². The van der Waals surface area contributed by atoms with Gasteiger partial charge in [0.05, 0.1) is 19.3 Å². The zero-order valence-electron chi connectivity index (χ0n) is 16.6. The van der Waals surface area contributed by atoms with Crippen molar-refractivity contribution in [1.82, 2.24) is 4.90 Å². The summed E-state index contributed by atoms with van der Waals surface area (Å²) in [6, 6.07) is 21.5. The van der Waals surface area contributed by atoms with Crippen molar-refractivity contribution in [3.8, 4) is 0 Å². The molecule has 0 spiro atoms. The summed E-state index contributed by atoms with van der Waals surface area (Å²) in [6.45, 7) is 4.49. The van der Waals surface area contributed by atoms with Crippen LogP contribution in [0.3, 0.4) is 0 Å². The number of hydrogen-bond acceptors (Lipinski definition) is 3. The molecule has 3 heteroatoms. The maximum atomic E-state index is 6.08. The molecule has 1 unspecified atom stereocenters. The molecular formula is C25H29NO2. The molecule has 28 heavy (non-hydrogen) atoms. The van der Waals surface area contributed by atoms with Gasteiger partial charge in [-0.15, -0.1) is 0 Å². The summed E-state index contributed by atoms with van der Waals surface area (Å²) in [6.07, 6.45) is 9.73. The summed E-state index contributed by atoms with van der Waals surface area (Å²) in [5, 5.41) is 0. The summed E-state index contributed by atoms with van der Waals surface area (Å²) >= 11 is 0. The predicted molar refractivity (Wildman–Crippen MR) is 113 cm³/mol. The largest absolute Gasteiger partial charge is 0.371 e. The van der Waals surface area contributed by atoms with Crippen LogP contribution in [0.4, 0.5) is 0 Å². The Labute approximate surface area is 168 Å². The van der Waals surface area contributed by atoms with Crippen LogP contribution in [0.5, 0.6) is 0 Å². The van der Waals surface area contributed by atoms with Crippen molar-refractivity contribution in [2.45, 2.75) is 38.0 Å². The van der Waals surface area contributed by atoms with Crippen molar-refractivity contribution < 1.29 is 9.47 Å². The quantitative estimate of drug-likeness (QED) is 0.676. The fraction of sp³-hybridized carbons (Fsp3) is 0.360. The molecule has 0 N–H and O–H groups in total. The molecule has 2 aromatic rings. The zero-order valence-corrected chi connectivity index (χ0v) is 16.6. The van der Waals surface area contributed by atoms with Crippen LogP contribution in [-0.4, -0.2) is 30.7 Å². The van der Waals surface area contributed by atoms with E-state index in [2.05, 4.69) is 84.8 Å². The summed E-state index contributed by atoms with van der Waals surface area (Å²) < 4.78 is 12.2. The van der Waals surface area contributed by atoms with E-state index in [1.807, 2.05) is 6.07 Å². The molecule has 1 atom stereocenters. The lowest BCUT2D eigenvalue weighted by molar-refractivity contribution is -0.172. The Morgan fingerprint density at radius 1 is 0.964 bits per heavy atom. The first-order chi connectivity index (χ1) is 13.8. The van der Waals surface area contributed by atoms with Gasteiger partial charge in [0.2, 0.25) is 0 Å². The van der Waals surface area contributed by atoms with Gasteiger partial charge in [-0.1, -0.05) is 72.3 Å². The number of allylic oxidation sites excluding steroid dienone is 2. The lowest BCUT2D eigenvalue weighted by Gasteiger charge is -2.34. The van der Waals surface area contributed by atoms with Crippen molar-refractivity contribution in [2.75, 3.05) is 19.8 Å². The van der Waals surface area contributed by atoms with Gasteiger partial charge in [0.1, 0.15) is 0 Å². The second-order valence-electron chi connectivity index (χ2n) is 7.64. The Morgan fingerprint density at radius 3 is 2.36 bits per heavy atom. The normalized spacial score (nSPS) is 21.0. The monoisotopic (exact) mass is 375 g/mol. The summed E-state index contributed by atoms with van der Waals surface area (Å²) in [5.74, 6) is -0.582. The molecule has 0 amide bonds. The molecule has 4 rings (SSSR count). The average molecular weight is 376 g/mol. The summed E-state index contributed by atoms with van der Waals surface area (Å²) in [7, 11) is 0. The minimum atomic E-state index is -0.582. The third-order valence-electron chi connectivity index (χ3n) is 5.59. The lowest BCUT2D eigenvalue weighted by Crippen LogP contribution is -2.35.